The van der Waals surface area contributed by atoms with E-state index in [1.807, 2.05) is 18.3 Å². The zero-order valence-electron chi connectivity index (χ0n) is 11.4. The van der Waals surface area contributed by atoms with Crippen molar-refractivity contribution in [2.45, 2.75) is 46.1 Å². The minimum absolute atomic E-state index is 0. The van der Waals surface area contributed by atoms with Gasteiger partial charge in [0, 0.05) is 12.7 Å². The first-order valence-electron chi connectivity index (χ1n) is 6.47. The lowest BCUT2D eigenvalue weighted by Gasteiger charge is -2.14. The highest BCUT2D eigenvalue weighted by atomic mass is 35.5. The lowest BCUT2D eigenvalue weighted by atomic mass is 9.99. The van der Waals surface area contributed by atoms with E-state index in [1.54, 1.807) is 0 Å². The number of rotatable bonds is 8. The van der Waals surface area contributed by atoms with Gasteiger partial charge in [0.25, 0.3) is 0 Å². The van der Waals surface area contributed by atoms with Crippen LogP contribution in [-0.2, 0) is 6.54 Å². The maximum absolute atomic E-state index is 4.30. The van der Waals surface area contributed by atoms with Crippen molar-refractivity contribution < 1.29 is 0 Å². The van der Waals surface area contributed by atoms with Crippen molar-refractivity contribution >= 4 is 24.8 Å². The van der Waals surface area contributed by atoms with Crippen molar-refractivity contribution in [2.24, 2.45) is 5.92 Å². The third-order valence-electron chi connectivity index (χ3n) is 3.01. The van der Waals surface area contributed by atoms with Crippen LogP contribution in [0.25, 0.3) is 0 Å². The molecule has 0 saturated heterocycles. The number of nitrogens with zero attached hydrogens (tertiary/aromatic N) is 1. The number of hydrogen-bond donors (Lipinski definition) is 1. The molecule has 1 aromatic rings. The summed E-state index contributed by atoms with van der Waals surface area (Å²) in [7, 11) is 0. The molecule has 0 radical (unpaired) electrons. The van der Waals surface area contributed by atoms with Gasteiger partial charge in [0.05, 0.1) is 5.69 Å². The van der Waals surface area contributed by atoms with E-state index in [1.165, 1.54) is 25.7 Å². The van der Waals surface area contributed by atoms with Crippen LogP contribution in [0.1, 0.15) is 45.2 Å². The first-order valence-corrected chi connectivity index (χ1v) is 6.47. The van der Waals surface area contributed by atoms with Crippen LogP contribution < -0.4 is 5.32 Å². The van der Waals surface area contributed by atoms with Crippen molar-refractivity contribution in [3.8, 4) is 0 Å². The van der Waals surface area contributed by atoms with E-state index in [2.05, 4.69) is 30.2 Å². The molecule has 1 atom stereocenters. The Hall–Kier alpha value is -0.310. The van der Waals surface area contributed by atoms with Crippen LogP contribution in [0.15, 0.2) is 24.4 Å². The van der Waals surface area contributed by atoms with Gasteiger partial charge in [-0.3, -0.25) is 4.98 Å². The zero-order valence-corrected chi connectivity index (χ0v) is 13.0. The van der Waals surface area contributed by atoms with Gasteiger partial charge in [-0.2, -0.15) is 0 Å². The van der Waals surface area contributed by atoms with Crippen LogP contribution in [-0.4, -0.2) is 11.5 Å². The van der Waals surface area contributed by atoms with Crippen molar-refractivity contribution in [2.75, 3.05) is 6.54 Å². The molecule has 1 unspecified atom stereocenters. The molecule has 0 fully saturated rings. The number of halogens is 2. The number of unbranched alkanes of at least 4 members (excludes halogenated alkanes) is 1. The smallest absolute Gasteiger partial charge is 0.0541 e. The summed E-state index contributed by atoms with van der Waals surface area (Å²) in [5.41, 5.74) is 1.13. The monoisotopic (exact) mass is 292 g/mol. The molecule has 1 heterocycles. The molecular formula is C14H26Cl2N2. The van der Waals surface area contributed by atoms with E-state index < -0.39 is 0 Å². The molecule has 0 aliphatic heterocycles. The average molecular weight is 293 g/mol. The Balaban J connectivity index is 0. The Morgan fingerprint density at radius 2 is 2.00 bits per heavy atom. The van der Waals surface area contributed by atoms with Crippen LogP contribution >= 0.6 is 24.8 Å². The van der Waals surface area contributed by atoms with Crippen LogP contribution in [0.5, 0.6) is 0 Å². The standard InChI is InChI=1S/C14H24N2.2ClH/c1-3-5-8-13(4-2)11-15-12-14-9-6-7-10-16-14;;/h6-7,9-10,13,15H,3-5,8,11-12H2,1-2H3;2*1H. The van der Waals surface area contributed by atoms with Gasteiger partial charge in [0.1, 0.15) is 0 Å². The van der Waals surface area contributed by atoms with E-state index in [4.69, 9.17) is 0 Å². The first kappa shape index (κ1) is 20.0. The van der Waals surface area contributed by atoms with E-state index >= 15 is 0 Å². The normalized spacial score (nSPS) is 11.2. The summed E-state index contributed by atoms with van der Waals surface area (Å²) in [6.07, 6.45) is 7.13. The molecular weight excluding hydrogens is 267 g/mol. The fraction of sp³-hybridized carbons (Fsp3) is 0.643. The highest BCUT2D eigenvalue weighted by molar-refractivity contribution is 5.85. The highest BCUT2D eigenvalue weighted by Crippen LogP contribution is 2.11. The molecule has 1 N–H and O–H groups in total. The molecule has 0 spiro atoms. The summed E-state index contributed by atoms with van der Waals surface area (Å²) < 4.78 is 0. The maximum Gasteiger partial charge on any atom is 0.0541 e. The third kappa shape index (κ3) is 8.73. The molecule has 1 rings (SSSR count). The van der Waals surface area contributed by atoms with Crippen molar-refractivity contribution in [3.63, 3.8) is 0 Å². The summed E-state index contributed by atoms with van der Waals surface area (Å²) in [5, 5.41) is 3.50. The van der Waals surface area contributed by atoms with Gasteiger partial charge in [-0.1, -0.05) is 39.2 Å². The van der Waals surface area contributed by atoms with E-state index in [0.29, 0.717) is 0 Å². The Kier molecular flexibility index (Phi) is 14.6. The van der Waals surface area contributed by atoms with Gasteiger partial charge >= 0.3 is 0 Å². The molecule has 18 heavy (non-hydrogen) atoms. The number of aromatic nitrogens is 1. The quantitative estimate of drug-likeness (QED) is 0.775. The summed E-state index contributed by atoms with van der Waals surface area (Å²) in [4.78, 5) is 4.30. The second-order valence-electron chi connectivity index (χ2n) is 4.37. The highest BCUT2D eigenvalue weighted by Gasteiger charge is 2.04. The number of nitrogens with one attached hydrogen (secondary N) is 1. The molecule has 0 aliphatic rings. The first-order chi connectivity index (χ1) is 7.86. The molecule has 1 aromatic heterocycles. The van der Waals surface area contributed by atoms with Crippen molar-refractivity contribution in [1.29, 1.82) is 0 Å². The third-order valence-corrected chi connectivity index (χ3v) is 3.01. The fourth-order valence-corrected chi connectivity index (χ4v) is 1.85. The van der Waals surface area contributed by atoms with E-state index in [0.717, 1.165) is 24.7 Å². The van der Waals surface area contributed by atoms with Gasteiger partial charge in [-0.05, 0) is 31.0 Å². The van der Waals surface area contributed by atoms with Crippen LogP contribution in [0.4, 0.5) is 0 Å². The SMILES string of the molecule is CCCCC(CC)CNCc1ccccn1.Cl.Cl. The van der Waals surface area contributed by atoms with Gasteiger partial charge in [-0.15, -0.1) is 24.8 Å². The average Bonchev–Trinajstić information content (AvgIpc) is 2.35. The molecule has 0 amide bonds. The minimum atomic E-state index is 0. The van der Waals surface area contributed by atoms with Gasteiger partial charge < -0.3 is 5.32 Å². The molecule has 2 nitrogen and oxygen atoms in total. The Bertz CT molecular complexity index is 268. The van der Waals surface area contributed by atoms with Gasteiger partial charge in [0.15, 0.2) is 0 Å². The van der Waals surface area contributed by atoms with Crippen LogP contribution in [0.3, 0.4) is 0 Å². The summed E-state index contributed by atoms with van der Waals surface area (Å²) in [6.45, 7) is 6.55. The molecule has 0 saturated carbocycles. The molecule has 0 bridgehead atoms. The Labute approximate surface area is 124 Å². The lowest BCUT2D eigenvalue weighted by molar-refractivity contribution is 0.418. The predicted octanol–water partition coefficient (Wildman–Crippen LogP) is 4.23. The molecule has 4 heteroatoms. The van der Waals surface area contributed by atoms with E-state index in [9.17, 15) is 0 Å². The molecule has 106 valence electrons. The van der Waals surface area contributed by atoms with E-state index in [-0.39, 0.29) is 24.8 Å². The van der Waals surface area contributed by atoms with Crippen LogP contribution in [0, 0.1) is 5.92 Å². The van der Waals surface area contributed by atoms with Crippen molar-refractivity contribution in [1.82, 2.24) is 10.3 Å². The van der Waals surface area contributed by atoms with Crippen molar-refractivity contribution in [3.05, 3.63) is 30.1 Å². The molecule has 0 aliphatic carbocycles. The summed E-state index contributed by atoms with van der Waals surface area (Å²) in [5.74, 6) is 0.823. The number of pyridine rings is 1. The summed E-state index contributed by atoms with van der Waals surface area (Å²) in [6, 6.07) is 6.07. The lowest BCUT2D eigenvalue weighted by Crippen LogP contribution is -2.22. The topological polar surface area (TPSA) is 24.9 Å². The minimum Gasteiger partial charge on any atom is -0.311 e. The number of hydrogen-bond acceptors (Lipinski definition) is 2. The molecule has 0 aromatic carbocycles. The van der Waals surface area contributed by atoms with Crippen LogP contribution in [0.2, 0.25) is 0 Å². The summed E-state index contributed by atoms with van der Waals surface area (Å²) >= 11 is 0. The second kappa shape index (κ2) is 13.1. The largest absolute Gasteiger partial charge is 0.311 e. The fourth-order valence-electron chi connectivity index (χ4n) is 1.85. The Morgan fingerprint density at radius 3 is 2.56 bits per heavy atom. The predicted molar refractivity (Wildman–Crippen MR) is 83.7 cm³/mol. The Morgan fingerprint density at radius 1 is 1.22 bits per heavy atom. The zero-order chi connectivity index (χ0) is 11.6. The maximum atomic E-state index is 4.30. The van der Waals surface area contributed by atoms with Gasteiger partial charge in [0.2, 0.25) is 0 Å². The second-order valence-corrected chi connectivity index (χ2v) is 4.37. The van der Waals surface area contributed by atoms with Gasteiger partial charge in [-0.25, -0.2) is 0 Å².